The van der Waals surface area contributed by atoms with Gasteiger partial charge < -0.3 is 15.0 Å². The van der Waals surface area contributed by atoms with Crippen molar-refractivity contribution in [1.82, 2.24) is 20.3 Å². The van der Waals surface area contributed by atoms with Gasteiger partial charge in [-0.25, -0.2) is 23.1 Å². The Kier molecular flexibility index (Phi) is 7.27. The van der Waals surface area contributed by atoms with Crippen LogP contribution in [-0.2, 0) is 4.74 Å². The summed E-state index contributed by atoms with van der Waals surface area (Å²) in [5.74, 6) is -2.96. The number of fused-ring (bicyclic) bond motifs is 1. The minimum Gasteiger partial charge on any atom is -0.378 e. The van der Waals surface area contributed by atoms with Gasteiger partial charge in [0.2, 0.25) is 5.95 Å². The van der Waals surface area contributed by atoms with Crippen molar-refractivity contribution in [2.24, 2.45) is 4.99 Å². The van der Waals surface area contributed by atoms with Gasteiger partial charge >= 0.3 is 0 Å². The minimum atomic E-state index is -1.18. The zero-order chi connectivity index (χ0) is 24.4. The Labute approximate surface area is 198 Å². The molecule has 34 heavy (non-hydrogen) atoms. The van der Waals surface area contributed by atoms with E-state index in [9.17, 15) is 18.4 Å². The quantitative estimate of drug-likeness (QED) is 0.222. The highest BCUT2D eigenvalue weighted by Crippen LogP contribution is 2.28. The molecule has 0 aliphatic carbocycles. The Morgan fingerprint density at radius 2 is 2.00 bits per heavy atom. The number of aliphatic imine (C=N–C) groups is 1. The number of amidine groups is 1. The standard InChI is InChI=1S/C22H24ClF3N6O2/c1-3-32(4-2)17-10-34-9-16(17)28-22-29-19-12(8-15(25)18(26)20(19)30-22)21(31-33)27-11-5-6-14(24)13(23)7-11/h5-8,16-17,33H,3-4,9-10H2,1-2H3,(H,27,31)(H2,28,29,30)/t16-,17-/m1/s1. The summed E-state index contributed by atoms with van der Waals surface area (Å²) in [5.41, 5.74) is 1.92. The van der Waals surface area contributed by atoms with Gasteiger partial charge in [-0.05, 0) is 37.4 Å². The van der Waals surface area contributed by atoms with E-state index in [1.165, 1.54) is 12.1 Å². The van der Waals surface area contributed by atoms with Crippen LogP contribution in [0.3, 0.4) is 0 Å². The molecular weight excluding hydrogens is 473 g/mol. The molecule has 0 amide bonds. The number of nitrogens with zero attached hydrogens (tertiary/aromatic N) is 3. The van der Waals surface area contributed by atoms with Crippen LogP contribution < -0.4 is 10.8 Å². The lowest BCUT2D eigenvalue weighted by atomic mass is 10.1. The molecule has 8 nitrogen and oxygen atoms in total. The summed E-state index contributed by atoms with van der Waals surface area (Å²) in [6.07, 6.45) is 0. The van der Waals surface area contributed by atoms with Crippen molar-refractivity contribution in [2.75, 3.05) is 31.6 Å². The lowest BCUT2D eigenvalue weighted by Gasteiger charge is -2.29. The number of rotatable bonds is 7. The number of halogens is 4. The summed E-state index contributed by atoms with van der Waals surface area (Å²) < 4.78 is 48.1. The Balaban J connectivity index is 1.73. The number of aromatic amines is 1. The average molecular weight is 497 g/mol. The van der Waals surface area contributed by atoms with Crippen LogP contribution in [-0.4, -0.2) is 64.3 Å². The van der Waals surface area contributed by atoms with E-state index in [1.54, 1.807) is 0 Å². The Morgan fingerprint density at radius 1 is 1.24 bits per heavy atom. The number of hydrogen-bond donors (Lipinski definition) is 4. The van der Waals surface area contributed by atoms with Gasteiger partial charge in [-0.1, -0.05) is 25.4 Å². The summed E-state index contributed by atoms with van der Waals surface area (Å²) in [6.45, 7) is 6.75. The Hall–Kier alpha value is -2.86. The number of ether oxygens (including phenoxy) is 1. The molecule has 0 bridgehead atoms. The topological polar surface area (TPSA) is 97.8 Å². The normalized spacial score (nSPS) is 18.8. The number of likely N-dealkylation sites (N-methyl/N-ethyl adjacent to an activating group) is 1. The fourth-order valence-electron chi connectivity index (χ4n) is 4.10. The van der Waals surface area contributed by atoms with Gasteiger partial charge in [0.1, 0.15) is 11.3 Å². The number of hydroxylamine groups is 1. The van der Waals surface area contributed by atoms with Crippen molar-refractivity contribution >= 4 is 40.1 Å². The molecule has 1 fully saturated rings. The van der Waals surface area contributed by atoms with E-state index >= 15 is 0 Å². The monoisotopic (exact) mass is 496 g/mol. The summed E-state index contributed by atoms with van der Waals surface area (Å²) in [6, 6.07) is 4.50. The van der Waals surface area contributed by atoms with Crippen molar-refractivity contribution in [3.63, 3.8) is 0 Å². The first-order valence-corrected chi connectivity index (χ1v) is 11.1. The fourth-order valence-corrected chi connectivity index (χ4v) is 4.27. The zero-order valence-corrected chi connectivity index (χ0v) is 19.3. The lowest BCUT2D eigenvalue weighted by molar-refractivity contribution is 0.151. The number of benzene rings is 2. The molecule has 1 aromatic heterocycles. The maximum absolute atomic E-state index is 14.6. The van der Waals surface area contributed by atoms with Gasteiger partial charge in [0.05, 0.1) is 41.5 Å². The molecule has 4 rings (SSSR count). The van der Waals surface area contributed by atoms with Crippen molar-refractivity contribution in [2.45, 2.75) is 25.9 Å². The highest BCUT2D eigenvalue weighted by Gasteiger charge is 2.32. The molecule has 0 saturated carbocycles. The molecule has 4 N–H and O–H groups in total. The van der Waals surface area contributed by atoms with E-state index in [2.05, 4.69) is 39.0 Å². The molecule has 3 aromatic rings. The highest BCUT2D eigenvalue weighted by atomic mass is 35.5. The molecular formula is C22H24ClF3N6O2. The van der Waals surface area contributed by atoms with Crippen molar-refractivity contribution < 1.29 is 23.1 Å². The number of aromatic nitrogens is 2. The second-order valence-corrected chi connectivity index (χ2v) is 8.18. The van der Waals surface area contributed by atoms with Crippen LogP contribution in [0, 0.1) is 17.5 Å². The number of H-pyrrole nitrogens is 1. The maximum Gasteiger partial charge on any atom is 0.201 e. The van der Waals surface area contributed by atoms with E-state index in [-0.39, 0.29) is 51.2 Å². The van der Waals surface area contributed by atoms with Gasteiger partial charge in [0.15, 0.2) is 17.5 Å². The van der Waals surface area contributed by atoms with Crippen LogP contribution in [0.25, 0.3) is 11.0 Å². The number of imidazole rings is 1. The summed E-state index contributed by atoms with van der Waals surface area (Å²) >= 11 is 5.79. The second kappa shape index (κ2) is 10.2. The van der Waals surface area contributed by atoms with Crippen molar-refractivity contribution in [3.05, 3.63) is 52.3 Å². The van der Waals surface area contributed by atoms with Crippen molar-refractivity contribution in [1.29, 1.82) is 0 Å². The first kappa shape index (κ1) is 24.3. The third-order valence-corrected chi connectivity index (χ3v) is 6.11. The van der Waals surface area contributed by atoms with Crippen LogP contribution >= 0.6 is 11.6 Å². The molecule has 1 aliphatic rings. The average Bonchev–Trinajstić information content (AvgIpc) is 3.46. The first-order valence-electron chi connectivity index (χ1n) is 10.8. The van der Waals surface area contributed by atoms with Crippen molar-refractivity contribution in [3.8, 4) is 0 Å². The molecule has 1 aliphatic heterocycles. The summed E-state index contributed by atoms with van der Waals surface area (Å²) in [7, 11) is 0. The molecule has 0 spiro atoms. The van der Waals surface area contributed by atoms with Crippen LogP contribution in [0.4, 0.5) is 24.8 Å². The van der Waals surface area contributed by atoms with E-state index in [4.69, 9.17) is 16.3 Å². The van der Waals surface area contributed by atoms with Crippen LogP contribution in [0.2, 0.25) is 5.02 Å². The summed E-state index contributed by atoms with van der Waals surface area (Å²) in [4.78, 5) is 13.6. The number of hydrogen-bond acceptors (Lipinski definition) is 6. The molecule has 12 heteroatoms. The maximum atomic E-state index is 14.6. The van der Waals surface area contributed by atoms with Gasteiger partial charge in [0, 0.05) is 5.56 Å². The highest BCUT2D eigenvalue weighted by molar-refractivity contribution is 6.31. The van der Waals surface area contributed by atoms with Gasteiger partial charge in [-0.3, -0.25) is 15.6 Å². The van der Waals surface area contributed by atoms with Crippen LogP contribution in [0.15, 0.2) is 29.3 Å². The third kappa shape index (κ3) is 4.69. The largest absolute Gasteiger partial charge is 0.378 e. The van der Waals surface area contributed by atoms with Gasteiger partial charge in [-0.15, -0.1) is 0 Å². The number of nitrogens with one attached hydrogen (secondary N) is 3. The van der Waals surface area contributed by atoms with Gasteiger partial charge in [0.25, 0.3) is 0 Å². The predicted octanol–water partition coefficient (Wildman–Crippen LogP) is 4.21. The molecule has 2 aromatic carbocycles. The molecule has 0 radical (unpaired) electrons. The minimum absolute atomic E-state index is 0.0142. The Morgan fingerprint density at radius 3 is 2.68 bits per heavy atom. The Bertz CT molecular complexity index is 1220. The van der Waals surface area contributed by atoms with E-state index in [1.807, 2.05) is 5.48 Å². The molecule has 182 valence electrons. The van der Waals surface area contributed by atoms with E-state index in [0.29, 0.717) is 13.2 Å². The fraction of sp³-hybridized carbons (Fsp3) is 0.364. The molecule has 0 unspecified atom stereocenters. The predicted molar refractivity (Wildman–Crippen MR) is 123 cm³/mol. The van der Waals surface area contributed by atoms with Gasteiger partial charge in [-0.2, -0.15) is 0 Å². The molecule has 2 atom stereocenters. The first-order chi connectivity index (χ1) is 16.4. The third-order valence-electron chi connectivity index (χ3n) is 5.82. The van der Waals surface area contributed by atoms with E-state index < -0.39 is 17.5 Å². The molecule has 1 saturated heterocycles. The number of anilines is 1. The second-order valence-electron chi connectivity index (χ2n) is 7.78. The SMILES string of the molecule is CCN(CC)[C@@H]1COC[C@H]1Nc1nc2c(F)c(F)cc(C(=Nc3ccc(F)c(Cl)c3)NO)c2[nH]1. The smallest absolute Gasteiger partial charge is 0.201 e. The van der Waals surface area contributed by atoms with Crippen LogP contribution in [0.5, 0.6) is 0 Å². The van der Waals surface area contributed by atoms with Crippen LogP contribution in [0.1, 0.15) is 19.4 Å². The molecule has 2 heterocycles. The lowest BCUT2D eigenvalue weighted by Crippen LogP contribution is -2.46. The zero-order valence-electron chi connectivity index (χ0n) is 18.5. The van der Waals surface area contributed by atoms with E-state index in [0.717, 1.165) is 25.2 Å². The summed E-state index contributed by atoms with van der Waals surface area (Å²) in [5, 5.41) is 12.7.